The highest BCUT2D eigenvalue weighted by Gasteiger charge is 2.36. The van der Waals surface area contributed by atoms with Crippen LogP contribution in [0.1, 0.15) is 65.9 Å². The van der Waals surface area contributed by atoms with Crippen molar-refractivity contribution < 1.29 is 13.6 Å². The lowest BCUT2D eigenvalue weighted by molar-refractivity contribution is -0.133. The molecule has 33 heavy (non-hydrogen) atoms. The Hall–Kier alpha value is -3.02. The highest BCUT2D eigenvalue weighted by molar-refractivity contribution is 5.74. The standard InChI is InChI=1S/C25H29F2N3O.C2H6/c1-6-30(17(2)31)23(25(3,4)5)24-28-22(20-14-19(26)12-13-21(20)27)16-29(24)15-18-10-8-7-9-11-18;1-2/h7-14,16,23H,6,15H2,1-5H3;1-2H3. The van der Waals surface area contributed by atoms with Gasteiger partial charge in [-0.05, 0) is 36.1 Å². The lowest BCUT2D eigenvalue weighted by atomic mass is 9.84. The van der Waals surface area contributed by atoms with Crippen LogP contribution < -0.4 is 0 Å². The van der Waals surface area contributed by atoms with Crippen LogP contribution in [0.4, 0.5) is 8.78 Å². The minimum atomic E-state index is -0.538. The van der Waals surface area contributed by atoms with Crippen LogP contribution >= 0.6 is 0 Å². The van der Waals surface area contributed by atoms with Crippen LogP contribution in [-0.4, -0.2) is 26.9 Å². The molecule has 0 aliphatic carbocycles. The van der Waals surface area contributed by atoms with E-state index in [1.165, 1.54) is 0 Å². The van der Waals surface area contributed by atoms with E-state index in [2.05, 4.69) is 0 Å². The van der Waals surface area contributed by atoms with Gasteiger partial charge in [0.1, 0.15) is 17.5 Å². The molecule has 1 unspecified atom stereocenters. The van der Waals surface area contributed by atoms with E-state index >= 15 is 0 Å². The Morgan fingerprint density at radius 3 is 2.27 bits per heavy atom. The third kappa shape index (κ3) is 6.28. The van der Waals surface area contributed by atoms with E-state index in [1.807, 2.05) is 76.4 Å². The predicted molar refractivity (Wildman–Crippen MR) is 130 cm³/mol. The zero-order valence-corrected chi connectivity index (χ0v) is 20.7. The molecule has 0 radical (unpaired) electrons. The summed E-state index contributed by atoms with van der Waals surface area (Å²) in [6.45, 7) is 14.6. The van der Waals surface area contributed by atoms with E-state index in [0.717, 1.165) is 23.8 Å². The fraction of sp³-hybridized carbons (Fsp3) is 0.407. The van der Waals surface area contributed by atoms with Gasteiger partial charge in [-0.15, -0.1) is 0 Å². The fourth-order valence-electron chi connectivity index (χ4n) is 3.96. The topological polar surface area (TPSA) is 38.1 Å². The van der Waals surface area contributed by atoms with Gasteiger partial charge in [0.2, 0.25) is 5.91 Å². The van der Waals surface area contributed by atoms with Crippen LogP contribution in [0.5, 0.6) is 0 Å². The molecule has 0 saturated carbocycles. The summed E-state index contributed by atoms with van der Waals surface area (Å²) >= 11 is 0. The van der Waals surface area contributed by atoms with Crippen LogP contribution in [0, 0.1) is 17.0 Å². The van der Waals surface area contributed by atoms with Crippen molar-refractivity contribution in [3.05, 3.63) is 77.8 Å². The molecular weight excluding hydrogens is 420 g/mol. The molecule has 1 amide bonds. The van der Waals surface area contributed by atoms with E-state index in [1.54, 1.807) is 18.0 Å². The fourth-order valence-corrected chi connectivity index (χ4v) is 3.96. The van der Waals surface area contributed by atoms with Crippen molar-refractivity contribution in [3.63, 3.8) is 0 Å². The largest absolute Gasteiger partial charge is 0.332 e. The molecule has 0 spiro atoms. The Balaban J connectivity index is 0.00000187. The molecule has 2 aromatic carbocycles. The molecule has 0 aliphatic heterocycles. The summed E-state index contributed by atoms with van der Waals surface area (Å²) in [7, 11) is 0. The van der Waals surface area contributed by atoms with Crippen molar-refractivity contribution in [1.82, 2.24) is 14.5 Å². The first-order chi connectivity index (χ1) is 15.6. The number of nitrogens with zero attached hydrogens (tertiary/aromatic N) is 3. The number of amides is 1. The van der Waals surface area contributed by atoms with E-state index in [9.17, 15) is 13.6 Å². The second kappa shape index (κ2) is 11.2. The van der Waals surface area contributed by atoms with Gasteiger partial charge in [0.25, 0.3) is 0 Å². The molecule has 1 atom stereocenters. The van der Waals surface area contributed by atoms with Crippen LogP contribution in [0.3, 0.4) is 0 Å². The van der Waals surface area contributed by atoms with Gasteiger partial charge in [-0.25, -0.2) is 13.8 Å². The van der Waals surface area contributed by atoms with Crippen LogP contribution in [0.15, 0.2) is 54.7 Å². The Labute approximate surface area is 196 Å². The molecule has 0 N–H and O–H groups in total. The summed E-state index contributed by atoms with van der Waals surface area (Å²) in [5.41, 5.74) is 1.16. The zero-order chi connectivity index (χ0) is 24.8. The predicted octanol–water partition coefficient (Wildman–Crippen LogP) is 6.86. The van der Waals surface area contributed by atoms with Crippen LogP contribution in [0.25, 0.3) is 11.3 Å². The summed E-state index contributed by atoms with van der Waals surface area (Å²) in [6, 6.07) is 12.9. The molecule has 1 aromatic heterocycles. The van der Waals surface area contributed by atoms with Gasteiger partial charge < -0.3 is 9.47 Å². The van der Waals surface area contributed by atoms with Crippen molar-refractivity contribution in [1.29, 1.82) is 0 Å². The van der Waals surface area contributed by atoms with Crippen molar-refractivity contribution in [2.45, 2.75) is 61.1 Å². The molecule has 0 fully saturated rings. The molecule has 3 rings (SSSR count). The first kappa shape index (κ1) is 26.2. The molecule has 6 heteroatoms. The third-order valence-corrected chi connectivity index (χ3v) is 5.33. The Morgan fingerprint density at radius 2 is 1.73 bits per heavy atom. The number of rotatable bonds is 6. The highest BCUT2D eigenvalue weighted by Crippen LogP contribution is 2.39. The molecular formula is C27H35F2N3O. The third-order valence-electron chi connectivity index (χ3n) is 5.33. The maximum atomic E-state index is 14.5. The SMILES string of the molecule is CC.CCN(C(C)=O)C(c1nc(-c2cc(F)ccc2F)cn1Cc1ccccc1)C(C)(C)C. The van der Waals surface area contributed by atoms with E-state index < -0.39 is 11.6 Å². The number of benzene rings is 2. The van der Waals surface area contributed by atoms with Crippen LogP contribution in [0.2, 0.25) is 0 Å². The average Bonchev–Trinajstić information content (AvgIpc) is 3.17. The Bertz CT molecular complexity index is 1050. The molecule has 178 valence electrons. The number of halogens is 2. The molecule has 0 saturated heterocycles. The minimum absolute atomic E-state index is 0.0600. The van der Waals surface area contributed by atoms with E-state index in [-0.39, 0.29) is 22.9 Å². The molecule has 4 nitrogen and oxygen atoms in total. The summed E-state index contributed by atoms with van der Waals surface area (Å²) in [6.07, 6.45) is 1.74. The second-order valence-corrected chi connectivity index (χ2v) is 8.80. The molecule has 0 aliphatic rings. The first-order valence-electron chi connectivity index (χ1n) is 11.5. The number of carbonyl (C=O) groups is 1. The summed E-state index contributed by atoms with van der Waals surface area (Å²) in [4.78, 5) is 19.0. The number of carbonyl (C=O) groups excluding carboxylic acids is 1. The lowest BCUT2D eigenvalue weighted by Crippen LogP contribution is -2.41. The zero-order valence-electron chi connectivity index (χ0n) is 20.7. The maximum absolute atomic E-state index is 14.5. The van der Waals surface area contributed by atoms with Gasteiger partial charge in [-0.2, -0.15) is 0 Å². The lowest BCUT2D eigenvalue weighted by Gasteiger charge is -2.39. The number of imidazole rings is 1. The monoisotopic (exact) mass is 455 g/mol. The summed E-state index contributed by atoms with van der Waals surface area (Å²) < 4.78 is 30.3. The average molecular weight is 456 g/mol. The maximum Gasteiger partial charge on any atom is 0.220 e. The normalized spacial score (nSPS) is 12.0. The van der Waals surface area contributed by atoms with Gasteiger partial charge >= 0.3 is 0 Å². The van der Waals surface area contributed by atoms with Gasteiger partial charge in [-0.3, -0.25) is 4.79 Å². The smallest absolute Gasteiger partial charge is 0.220 e. The Kier molecular flexibility index (Phi) is 8.91. The molecule has 1 heterocycles. The Morgan fingerprint density at radius 1 is 1.09 bits per heavy atom. The van der Waals surface area contributed by atoms with E-state index in [4.69, 9.17) is 4.98 Å². The van der Waals surface area contributed by atoms with Gasteiger partial charge in [0, 0.05) is 31.8 Å². The number of hydrogen-bond acceptors (Lipinski definition) is 2. The summed E-state index contributed by atoms with van der Waals surface area (Å²) in [5.74, 6) is -0.479. The first-order valence-corrected chi connectivity index (χ1v) is 11.5. The molecule has 3 aromatic rings. The minimum Gasteiger partial charge on any atom is -0.332 e. The second-order valence-electron chi connectivity index (χ2n) is 8.80. The summed E-state index contributed by atoms with van der Waals surface area (Å²) in [5, 5.41) is 0. The van der Waals surface area contributed by atoms with Crippen molar-refractivity contribution >= 4 is 5.91 Å². The van der Waals surface area contributed by atoms with Gasteiger partial charge in [0.05, 0.1) is 11.7 Å². The van der Waals surface area contributed by atoms with Gasteiger partial charge in [-0.1, -0.05) is 65.0 Å². The van der Waals surface area contributed by atoms with Crippen molar-refractivity contribution in [3.8, 4) is 11.3 Å². The molecule has 0 bridgehead atoms. The van der Waals surface area contributed by atoms with E-state index in [0.29, 0.717) is 24.6 Å². The number of aromatic nitrogens is 2. The van der Waals surface area contributed by atoms with Crippen LogP contribution in [-0.2, 0) is 11.3 Å². The van der Waals surface area contributed by atoms with Crippen molar-refractivity contribution in [2.75, 3.05) is 6.54 Å². The van der Waals surface area contributed by atoms with Crippen molar-refractivity contribution in [2.24, 2.45) is 5.41 Å². The number of hydrogen-bond donors (Lipinski definition) is 0. The van der Waals surface area contributed by atoms with Gasteiger partial charge in [0.15, 0.2) is 0 Å². The highest BCUT2D eigenvalue weighted by atomic mass is 19.1. The quantitative estimate of drug-likeness (QED) is 0.407.